The fourth-order valence-corrected chi connectivity index (χ4v) is 2.84. The van der Waals surface area contributed by atoms with E-state index >= 15 is 0 Å². The Morgan fingerprint density at radius 3 is 2.52 bits per heavy atom. The van der Waals surface area contributed by atoms with E-state index in [2.05, 4.69) is 10.6 Å². The Kier molecular flexibility index (Phi) is 6.59. The first-order chi connectivity index (χ1) is 11.0. The highest BCUT2D eigenvalue weighted by atomic mass is 16.3. The summed E-state index contributed by atoms with van der Waals surface area (Å²) in [7, 11) is 0. The minimum atomic E-state index is -0.306. The van der Waals surface area contributed by atoms with Crippen LogP contribution in [-0.2, 0) is 16.0 Å². The molecule has 1 aromatic carbocycles. The van der Waals surface area contributed by atoms with Gasteiger partial charge in [0, 0.05) is 18.9 Å². The Bertz CT molecular complexity index is 528. The standard InChI is InChI=1S/C18H26N2O3/c1-13-5-7-14(8-6-13)9-10-17(22)20-12-18(23)19-11-15-3-2-4-16(15)21/h5-8,15-16,21H,2-4,9-12H2,1H3,(H,19,23)(H,20,22). The van der Waals surface area contributed by atoms with Gasteiger partial charge in [-0.05, 0) is 31.7 Å². The van der Waals surface area contributed by atoms with Gasteiger partial charge in [0.25, 0.3) is 0 Å². The first-order valence-corrected chi connectivity index (χ1v) is 8.31. The zero-order valence-corrected chi connectivity index (χ0v) is 13.7. The summed E-state index contributed by atoms with van der Waals surface area (Å²) in [6.07, 6.45) is 3.51. The molecular weight excluding hydrogens is 292 g/mol. The average molecular weight is 318 g/mol. The Balaban J connectivity index is 1.60. The molecule has 2 atom stereocenters. The zero-order valence-electron chi connectivity index (χ0n) is 13.7. The van der Waals surface area contributed by atoms with Gasteiger partial charge >= 0.3 is 0 Å². The molecule has 5 heteroatoms. The summed E-state index contributed by atoms with van der Waals surface area (Å²) in [4.78, 5) is 23.5. The number of carbonyl (C=O) groups excluding carboxylic acids is 2. The number of nitrogens with one attached hydrogen (secondary N) is 2. The molecule has 1 saturated carbocycles. The van der Waals surface area contributed by atoms with Crippen LogP contribution in [-0.4, -0.2) is 36.1 Å². The van der Waals surface area contributed by atoms with E-state index in [4.69, 9.17) is 0 Å². The molecule has 23 heavy (non-hydrogen) atoms. The predicted octanol–water partition coefficient (Wildman–Crippen LogP) is 1.32. The maximum Gasteiger partial charge on any atom is 0.239 e. The van der Waals surface area contributed by atoms with Crippen LogP contribution in [0.2, 0.25) is 0 Å². The van der Waals surface area contributed by atoms with Crippen LogP contribution in [0.1, 0.15) is 36.8 Å². The SMILES string of the molecule is Cc1ccc(CCC(=O)NCC(=O)NCC2CCCC2O)cc1. The van der Waals surface area contributed by atoms with Crippen LogP contribution < -0.4 is 10.6 Å². The van der Waals surface area contributed by atoms with Crippen molar-refractivity contribution in [2.75, 3.05) is 13.1 Å². The van der Waals surface area contributed by atoms with Crippen LogP contribution in [0, 0.1) is 12.8 Å². The first-order valence-electron chi connectivity index (χ1n) is 8.31. The molecule has 0 radical (unpaired) electrons. The van der Waals surface area contributed by atoms with Gasteiger partial charge in [-0.2, -0.15) is 0 Å². The molecule has 1 aromatic rings. The van der Waals surface area contributed by atoms with Crippen LogP contribution in [0.5, 0.6) is 0 Å². The molecular formula is C18H26N2O3. The number of hydrogen-bond donors (Lipinski definition) is 3. The molecule has 0 spiro atoms. The minimum Gasteiger partial charge on any atom is -0.393 e. The lowest BCUT2D eigenvalue weighted by atomic mass is 10.1. The lowest BCUT2D eigenvalue weighted by molar-refractivity contribution is -0.126. The van der Waals surface area contributed by atoms with Crippen molar-refractivity contribution < 1.29 is 14.7 Å². The van der Waals surface area contributed by atoms with E-state index < -0.39 is 0 Å². The number of benzene rings is 1. The van der Waals surface area contributed by atoms with Crippen molar-refractivity contribution >= 4 is 11.8 Å². The van der Waals surface area contributed by atoms with E-state index in [1.807, 2.05) is 31.2 Å². The highest BCUT2D eigenvalue weighted by Crippen LogP contribution is 2.24. The summed E-state index contributed by atoms with van der Waals surface area (Å²) in [5.41, 5.74) is 2.31. The molecule has 1 aliphatic rings. The summed E-state index contributed by atoms with van der Waals surface area (Å²) >= 11 is 0. The van der Waals surface area contributed by atoms with Crippen LogP contribution >= 0.6 is 0 Å². The van der Waals surface area contributed by atoms with Crippen molar-refractivity contribution in [3.05, 3.63) is 35.4 Å². The Labute approximate surface area is 137 Å². The molecule has 0 bridgehead atoms. The monoisotopic (exact) mass is 318 g/mol. The summed E-state index contributed by atoms with van der Waals surface area (Å²) in [6.45, 7) is 2.51. The molecule has 126 valence electrons. The maximum atomic E-state index is 11.8. The lowest BCUT2D eigenvalue weighted by Crippen LogP contribution is -2.40. The van der Waals surface area contributed by atoms with E-state index in [0.717, 1.165) is 24.8 Å². The Morgan fingerprint density at radius 2 is 1.87 bits per heavy atom. The third kappa shape index (κ3) is 6.02. The van der Waals surface area contributed by atoms with E-state index in [1.54, 1.807) is 0 Å². The van der Waals surface area contributed by atoms with E-state index in [1.165, 1.54) is 5.56 Å². The third-order valence-electron chi connectivity index (χ3n) is 4.39. The molecule has 2 amide bonds. The van der Waals surface area contributed by atoms with Crippen molar-refractivity contribution in [2.45, 2.75) is 45.1 Å². The summed E-state index contributed by atoms with van der Waals surface area (Å²) in [5.74, 6) is -0.175. The number of aliphatic hydroxyl groups excluding tert-OH is 1. The van der Waals surface area contributed by atoms with Crippen LogP contribution in [0.4, 0.5) is 0 Å². The number of aliphatic hydroxyl groups is 1. The lowest BCUT2D eigenvalue weighted by Gasteiger charge is -2.15. The first kappa shape index (κ1) is 17.5. The molecule has 1 fully saturated rings. The van der Waals surface area contributed by atoms with Gasteiger partial charge in [-0.1, -0.05) is 36.2 Å². The van der Waals surface area contributed by atoms with Gasteiger partial charge < -0.3 is 15.7 Å². The Morgan fingerprint density at radius 1 is 1.13 bits per heavy atom. The van der Waals surface area contributed by atoms with Gasteiger partial charge in [0.1, 0.15) is 0 Å². The van der Waals surface area contributed by atoms with Gasteiger partial charge in [-0.15, -0.1) is 0 Å². The quantitative estimate of drug-likeness (QED) is 0.709. The number of hydrogen-bond acceptors (Lipinski definition) is 3. The van der Waals surface area contributed by atoms with Crippen LogP contribution in [0.3, 0.4) is 0 Å². The van der Waals surface area contributed by atoms with Crippen LogP contribution in [0.15, 0.2) is 24.3 Å². The van der Waals surface area contributed by atoms with Crippen molar-refractivity contribution in [2.24, 2.45) is 5.92 Å². The van der Waals surface area contributed by atoms with Gasteiger partial charge in [-0.3, -0.25) is 9.59 Å². The summed E-state index contributed by atoms with van der Waals surface area (Å²) < 4.78 is 0. The van der Waals surface area contributed by atoms with Gasteiger partial charge in [0.2, 0.25) is 11.8 Å². The molecule has 2 rings (SSSR count). The van der Waals surface area contributed by atoms with Crippen molar-refractivity contribution in [3.63, 3.8) is 0 Å². The number of rotatable bonds is 7. The molecule has 3 N–H and O–H groups in total. The van der Waals surface area contributed by atoms with E-state index in [9.17, 15) is 14.7 Å². The topological polar surface area (TPSA) is 78.4 Å². The second-order valence-corrected chi connectivity index (χ2v) is 6.32. The largest absolute Gasteiger partial charge is 0.393 e. The molecule has 0 saturated heterocycles. The molecule has 0 heterocycles. The number of amides is 2. The molecule has 0 aliphatic heterocycles. The highest BCUT2D eigenvalue weighted by Gasteiger charge is 2.25. The number of aryl methyl sites for hydroxylation is 2. The molecule has 2 unspecified atom stereocenters. The van der Waals surface area contributed by atoms with E-state index in [0.29, 0.717) is 19.4 Å². The number of carbonyl (C=O) groups is 2. The molecule has 0 aromatic heterocycles. The Hall–Kier alpha value is -1.88. The summed E-state index contributed by atoms with van der Waals surface area (Å²) in [6, 6.07) is 8.08. The second kappa shape index (κ2) is 8.67. The van der Waals surface area contributed by atoms with Crippen molar-refractivity contribution in [1.82, 2.24) is 10.6 Å². The van der Waals surface area contributed by atoms with Crippen molar-refractivity contribution in [3.8, 4) is 0 Å². The zero-order chi connectivity index (χ0) is 16.7. The third-order valence-corrected chi connectivity index (χ3v) is 4.39. The fourth-order valence-electron chi connectivity index (χ4n) is 2.84. The maximum absolute atomic E-state index is 11.8. The van der Waals surface area contributed by atoms with Gasteiger partial charge in [-0.25, -0.2) is 0 Å². The highest BCUT2D eigenvalue weighted by molar-refractivity contribution is 5.84. The predicted molar refractivity (Wildman–Crippen MR) is 88.9 cm³/mol. The van der Waals surface area contributed by atoms with Crippen LogP contribution in [0.25, 0.3) is 0 Å². The minimum absolute atomic E-state index is 0.00442. The normalized spacial score (nSPS) is 20.3. The summed E-state index contributed by atoms with van der Waals surface area (Å²) in [5, 5.41) is 15.1. The van der Waals surface area contributed by atoms with Gasteiger partial charge in [0.15, 0.2) is 0 Å². The van der Waals surface area contributed by atoms with Gasteiger partial charge in [0.05, 0.1) is 12.6 Å². The second-order valence-electron chi connectivity index (χ2n) is 6.32. The van der Waals surface area contributed by atoms with Crippen molar-refractivity contribution in [1.29, 1.82) is 0 Å². The molecule has 1 aliphatic carbocycles. The average Bonchev–Trinajstić information content (AvgIpc) is 2.95. The van der Waals surface area contributed by atoms with E-state index in [-0.39, 0.29) is 30.4 Å². The molecule has 5 nitrogen and oxygen atoms in total. The smallest absolute Gasteiger partial charge is 0.239 e. The fraction of sp³-hybridized carbons (Fsp3) is 0.556.